The first kappa shape index (κ1) is 12.0. The highest BCUT2D eigenvalue weighted by Crippen LogP contribution is 2.06. The summed E-state index contributed by atoms with van der Waals surface area (Å²) in [5.74, 6) is -0.458. The van der Waals surface area contributed by atoms with Gasteiger partial charge in [0.15, 0.2) is 0 Å². The highest BCUT2D eigenvalue weighted by molar-refractivity contribution is 5.67. The molecule has 0 bridgehead atoms. The molecule has 0 heterocycles. The average Bonchev–Trinajstić information content (AvgIpc) is 2.26. The van der Waals surface area contributed by atoms with Gasteiger partial charge in [-0.05, 0) is 18.6 Å². The molecule has 1 unspecified atom stereocenters. The minimum absolute atomic E-state index is 0.458. The number of hydrogen-bond acceptors (Lipinski definition) is 3. The molecule has 1 aromatic rings. The van der Waals surface area contributed by atoms with Gasteiger partial charge in [0.05, 0.1) is 0 Å². The van der Waals surface area contributed by atoms with Crippen molar-refractivity contribution in [1.82, 2.24) is 0 Å². The van der Waals surface area contributed by atoms with Crippen molar-refractivity contribution in [3.8, 4) is 6.07 Å². The maximum absolute atomic E-state index is 10.7. The van der Waals surface area contributed by atoms with Crippen LogP contribution in [0.25, 0.3) is 6.08 Å². The van der Waals surface area contributed by atoms with Crippen LogP contribution >= 0.6 is 0 Å². The Balaban J connectivity index is 2.68. The van der Waals surface area contributed by atoms with E-state index >= 15 is 0 Å². The van der Waals surface area contributed by atoms with Crippen LogP contribution in [0.1, 0.15) is 18.1 Å². The average molecular weight is 215 g/mol. The van der Waals surface area contributed by atoms with Gasteiger partial charge in [0.25, 0.3) is 0 Å². The Morgan fingerprint density at radius 2 is 2.06 bits per heavy atom. The Labute approximate surface area is 95.0 Å². The van der Waals surface area contributed by atoms with Gasteiger partial charge >= 0.3 is 5.97 Å². The molecule has 1 atom stereocenters. The third kappa shape index (κ3) is 3.97. The van der Waals surface area contributed by atoms with Gasteiger partial charge in [0.2, 0.25) is 6.10 Å². The highest BCUT2D eigenvalue weighted by Gasteiger charge is 2.04. The number of nitriles is 1. The molecule has 0 aliphatic rings. The van der Waals surface area contributed by atoms with Crippen LogP contribution < -0.4 is 0 Å². The molecule has 0 saturated carbocycles. The lowest BCUT2D eigenvalue weighted by atomic mass is 10.1. The van der Waals surface area contributed by atoms with E-state index in [0.717, 1.165) is 5.56 Å². The molecule has 0 radical (unpaired) electrons. The largest absolute Gasteiger partial charge is 0.443 e. The molecule has 0 aliphatic carbocycles. The van der Waals surface area contributed by atoms with Crippen molar-refractivity contribution in [3.63, 3.8) is 0 Å². The second-order valence-corrected chi connectivity index (χ2v) is 3.43. The van der Waals surface area contributed by atoms with Crippen molar-refractivity contribution >= 4 is 12.0 Å². The number of carbonyl (C=O) groups is 1. The quantitative estimate of drug-likeness (QED) is 0.728. The molecule has 16 heavy (non-hydrogen) atoms. The van der Waals surface area contributed by atoms with Crippen molar-refractivity contribution in [2.24, 2.45) is 0 Å². The van der Waals surface area contributed by atoms with Crippen LogP contribution in [0.3, 0.4) is 0 Å². The van der Waals surface area contributed by atoms with Crippen LogP contribution in [0, 0.1) is 18.3 Å². The fourth-order valence-corrected chi connectivity index (χ4v) is 1.16. The lowest BCUT2D eigenvalue weighted by molar-refractivity contribution is -0.142. The van der Waals surface area contributed by atoms with E-state index in [1.807, 2.05) is 37.3 Å². The molecular weight excluding hydrogens is 202 g/mol. The maximum atomic E-state index is 10.7. The second-order valence-electron chi connectivity index (χ2n) is 3.43. The van der Waals surface area contributed by atoms with E-state index in [4.69, 9.17) is 10.00 Å². The molecule has 82 valence electrons. The summed E-state index contributed by atoms with van der Waals surface area (Å²) in [6.45, 7) is 3.29. The highest BCUT2D eigenvalue weighted by atomic mass is 16.5. The number of esters is 1. The first-order valence-corrected chi connectivity index (χ1v) is 4.93. The van der Waals surface area contributed by atoms with Crippen LogP contribution in [0.15, 0.2) is 30.3 Å². The fraction of sp³-hybridized carbons (Fsp3) is 0.231. The zero-order chi connectivity index (χ0) is 12.0. The predicted molar refractivity (Wildman–Crippen MR) is 61.4 cm³/mol. The minimum atomic E-state index is -0.821. The fourth-order valence-electron chi connectivity index (χ4n) is 1.16. The van der Waals surface area contributed by atoms with E-state index < -0.39 is 12.1 Å². The normalized spacial score (nSPS) is 12.1. The summed E-state index contributed by atoms with van der Waals surface area (Å²) in [7, 11) is 0. The smallest absolute Gasteiger partial charge is 0.304 e. The molecule has 0 aromatic heterocycles. The van der Waals surface area contributed by atoms with Crippen molar-refractivity contribution in [2.45, 2.75) is 20.0 Å². The van der Waals surface area contributed by atoms with Crippen molar-refractivity contribution in [3.05, 3.63) is 41.5 Å². The number of benzene rings is 1. The summed E-state index contributed by atoms with van der Waals surface area (Å²) < 4.78 is 4.76. The van der Waals surface area contributed by atoms with E-state index in [1.54, 1.807) is 12.2 Å². The van der Waals surface area contributed by atoms with E-state index in [1.165, 1.54) is 12.5 Å². The topological polar surface area (TPSA) is 50.1 Å². The van der Waals surface area contributed by atoms with Gasteiger partial charge in [0, 0.05) is 6.92 Å². The van der Waals surface area contributed by atoms with Gasteiger partial charge in [0.1, 0.15) is 6.07 Å². The number of rotatable bonds is 3. The van der Waals surface area contributed by atoms with Crippen LogP contribution in [-0.2, 0) is 9.53 Å². The maximum Gasteiger partial charge on any atom is 0.304 e. The molecule has 0 amide bonds. The summed E-state index contributed by atoms with van der Waals surface area (Å²) in [5, 5.41) is 8.72. The standard InChI is InChI=1S/C13H13NO2/c1-10-3-5-12(6-4-10)7-8-13(9-14)16-11(2)15/h3-8,13H,1-2H3. The zero-order valence-corrected chi connectivity index (χ0v) is 9.31. The molecule has 0 fully saturated rings. The van der Waals surface area contributed by atoms with Gasteiger partial charge in [-0.15, -0.1) is 0 Å². The first-order valence-electron chi connectivity index (χ1n) is 4.93. The van der Waals surface area contributed by atoms with Gasteiger partial charge in [-0.2, -0.15) is 5.26 Å². The van der Waals surface area contributed by atoms with E-state index in [0.29, 0.717) is 0 Å². The third-order valence-electron chi connectivity index (χ3n) is 1.96. The van der Waals surface area contributed by atoms with Crippen molar-refractivity contribution in [2.75, 3.05) is 0 Å². The summed E-state index contributed by atoms with van der Waals surface area (Å²) >= 11 is 0. The van der Waals surface area contributed by atoms with Gasteiger partial charge in [-0.3, -0.25) is 4.79 Å². The van der Waals surface area contributed by atoms with Gasteiger partial charge < -0.3 is 4.74 Å². The van der Waals surface area contributed by atoms with Crippen LogP contribution in [-0.4, -0.2) is 12.1 Å². The predicted octanol–water partition coefficient (Wildman–Crippen LogP) is 2.46. The number of hydrogen-bond donors (Lipinski definition) is 0. The van der Waals surface area contributed by atoms with Crippen LogP contribution in [0.5, 0.6) is 0 Å². The Kier molecular flexibility index (Phi) is 4.28. The number of ether oxygens (including phenoxy) is 1. The second kappa shape index (κ2) is 5.72. The molecular formula is C13H13NO2. The lowest BCUT2D eigenvalue weighted by Gasteiger charge is -2.03. The molecule has 1 rings (SSSR count). The Morgan fingerprint density at radius 1 is 1.44 bits per heavy atom. The van der Waals surface area contributed by atoms with Gasteiger partial charge in [-0.25, -0.2) is 0 Å². The monoisotopic (exact) mass is 215 g/mol. The summed E-state index contributed by atoms with van der Waals surface area (Å²) in [4.78, 5) is 10.7. The molecule has 0 aliphatic heterocycles. The summed E-state index contributed by atoms with van der Waals surface area (Å²) in [6, 6.07) is 9.72. The molecule has 0 N–H and O–H groups in total. The third-order valence-corrected chi connectivity index (χ3v) is 1.96. The van der Waals surface area contributed by atoms with E-state index in [9.17, 15) is 4.79 Å². The Hall–Kier alpha value is -2.08. The van der Waals surface area contributed by atoms with Gasteiger partial charge in [-0.1, -0.05) is 35.9 Å². The zero-order valence-electron chi connectivity index (χ0n) is 9.31. The number of aryl methyl sites for hydroxylation is 1. The molecule has 1 aromatic carbocycles. The summed E-state index contributed by atoms with van der Waals surface area (Å²) in [6.07, 6.45) is 2.50. The molecule has 3 heteroatoms. The number of carbonyl (C=O) groups excluding carboxylic acids is 1. The number of nitrogens with zero attached hydrogens (tertiary/aromatic N) is 1. The van der Waals surface area contributed by atoms with Crippen molar-refractivity contribution in [1.29, 1.82) is 5.26 Å². The summed E-state index contributed by atoms with van der Waals surface area (Å²) in [5.41, 5.74) is 2.15. The van der Waals surface area contributed by atoms with Crippen LogP contribution in [0.2, 0.25) is 0 Å². The van der Waals surface area contributed by atoms with Crippen LogP contribution in [0.4, 0.5) is 0 Å². The van der Waals surface area contributed by atoms with E-state index in [-0.39, 0.29) is 0 Å². The molecule has 0 saturated heterocycles. The van der Waals surface area contributed by atoms with Crippen molar-refractivity contribution < 1.29 is 9.53 Å². The molecule has 3 nitrogen and oxygen atoms in total. The Morgan fingerprint density at radius 3 is 2.56 bits per heavy atom. The minimum Gasteiger partial charge on any atom is -0.443 e. The van der Waals surface area contributed by atoms with E-state index in [2.05, 4.69) is 0 Å². The SMILES string of the molecule is CC(=O)OC(C#N)C=Cc1ccc(C)cc1. The lowest BCUT2D eigenvalue weighted by Crippen LogP contribution is -2.10. The first-order chi connectivity index (χ1) is 7.61. The molecule has 0 spiro atoms. The Bertz CT molecular complexity index is 426.